The number of anilines is 1. The van der Waals surface area contributed by atoms with Crippen LogP contribution in [0.2, 0.25) is 0 Å². The topological polar surface area (TPSA) is 97.0 Å². The van der Waals surface area contributed by atoms with Crippen LogP contribution in [0.3, 0.4) is 0 Å². The Morgan fingerprint density at radius 3 is 1.89 bits per heavy atom. The predicted octanol–water partition coefficient (Wildman–Crippen LogP) is 8.24. The standard InChI is InChI=1S/C37H32N4O2S2/c1-28-27-30(41(25-11-23-38)26-12-24-39)20-21-33(28)36(44-31-15-7-3-8-16-31)35(37(43)45-32-17-9-4-10-18-32)40-34(42)22-19-29-13-5-2-6-14-29/h2-10,13-22,27H,11-12,25-26H2,1H3,(H,40,42). The van der Waals surface area contributed by atoms with Crippen LogP contribution < -0.4 is 10.2 Å². The van der Waals surface area contributed by atoms with Crippen molar-refractivity contribution in [2.75, 3.05) is 18.0 Å². The fourth-order valence-electron chi connectivity index (χ4n) is 4.43. The zero-order valence-electron chi connectivity index (χ0n) is 24.9. The maximum absolute atomic E-state index is 14.0. The molecule has 4 aromatic carbocycles. The van der Waals surface area contributed by atoms with Gasteiger partial charge in [-0.25, -0.2) is 0 Å². The number of amides is 1. The van der Waals surface area contributed by atoms with Gasteiger partial charge in [-0.3, -0.25) is 9.59 Å². The van der Waals surface area contributed by atoms with E-state index in [9.17, 15) is 9.59 Å². The average Bonchev–Trinajstić information content (AvgIpc) is 3.07. The van der Waals surface area contributed by atoms with Gasteiger partial charge in [0.15, 0.2) is 0 Å². The quantitative estimate of drug-likeness (QED) is 0.118. The molecule has 0 aromatic heterocycles. The molecule has 224 valence electrons. The van der Waals surface area contributed by atoms with E-state index in [4.69, 9.17) is 10.5 Å². The number of thioether (sulfide) groups is 2. The van der Waals surface area contributed by atoms with Crippen LogP contribution in [0.1, 0.15) is 29.5 Å². The fraction of sp³-hybridized carbons (Fsp3) is 0.135. The minimum absolute atomic E-state index is 0.182. The molecule has 0 saturated heterocycles. The first-order valence-electron chi connectivity index (χ1n) is 14.4. The molecular weight excluding hydrogens is 597 g/mol. The third-order valence-electron chi connectivity index (χ3n) is 6.63. The highest BCUT2D eigenvalue weighted by Gasteiger charge is 2.23. The first-order valence-corrected chi connectivity index (χ1v) is 16.0. The molecule has 0 aliphatic rings. The highest BCUT2D eigenvalue weighted by molar-refractivity contribution is 8.14. The van der Waals surface area contributed by atoms with Gasteiger partial charge in [0.1, 0.15) is 5.70 Å². The third-order valence-corrected chi connectivity index (χ3v) is 8.66. The highest BCUT2D eigenvalue weighted by atomic mass is 32.2. The lowest BCUT2D eigenvalue weighted by molar-refractivity contribution is -0.117. The predicted molar refractivity (Wildman–Crippen MR) is 184 cm³/mol. The van der Waals surface area contributed by atoms with Crippen LogP contribution >= 0.6 is 23.5 Å². The molecule has 0 spiro atoms. The monoisotopic (exact) mass is 628 g/mol. The van der Waals surface area contributed by atoms with Crippen molar-refractivity contribution in [3.05, 3.63) is 138 Å². The SMILES string of the molecule is Cc1cc(N(CCC#N)CCC#N)ccc1C(Sc1ccccc1)=C(NC(=O)C=Cc1ccccc1)C(=O)Sc1ccccc1. The third kappa shape index (κ3) is 10.0. The molecule has 0 bridgehead atoms. The Labute approximate surface area is 273 Å². The van der Waals surface area contributed by atoms with E-state index in [2.05, 4.69) is 17.5 Å². The van der Waals surface area contributed by atoms with Crippen LogP contribution in [0.25, 0.3) is 11.0 Å². The van der Waals surface area contributed by atoms with Crippen molar-refractivity contribution >= 4 is 51.2 Å². The normalized spacial score (nSPS) is 11.3. The Morgan fingerprint density at radius 1 is 0.778 bits per heavy atom. The lowest BCUT2D eigenvalue weighted by Crippen LogP contribution is -2.26. The van der Waals surface area contributed by atoms with Gasteiger partial charge in [-0.15, -0.1) is 0 Å². The molecule has 4 aromatic rings. The maximum atomic E-state index is 14.0. The van der Waals surface area contributed by atoms with E-state index in [1.54, 1.807) is 6.08 Å². The zero-order valence-corrected chi connectivity index (χ0v) is 26.5. The summed E-state index contributed by atoms with van der Waals surface area (Å²) < 4.78 is 0. The number of hydrogen-bond donors (Lipinski definition) is 1. The van der Waals surface area contributed by atoms with Gasteiger partial charge >= 0.3 is 0 Å². The summed E-state index contributed by atoms with van der Waals surface area (Å²) in [7, 11) is 0. The number of carbonyl (C=O) groups excluding carboxylic acids is 2. The van der Waals surface area contributed by atoms with Gasteiger partial charge < -0.3 is 10.2 Å². The van der Waals surface area contributed by atoms with E-state index in [1.807, 2.05) is 121 Å². The van der Waals surface area contributed by atoms with Gasteiger partial charge in [0.25, 0.3) is 0 Å². The Morgan fingerprint density at radius 2 is 1.33 bits per heavy atom. The zero-order chi connectivity index (χ0) is 31.9. The van der Waals surface area contributed by atoms with Crippen LogP contribution in [-0.4, -0.2) is 24.1 Å². The van der Waals surface area contributed by atoms with Gasteiger partial charge in [0.2, 0.25) is 11.0 Å². The minimum Gasteiger partial charge on any atom is -0.369 e. The Balaban J connectivity index is 1.81. The Bertz CT molecular complexity index is 1720. The highest BCUT2D eigenvalue weighted by Crippen LogP contribution is 2.40. The Hall–Kier alpha value is -5.02. The van der Waals surface area contributed by atoms with Gasteiger partial charge in [0, 0.05) is 39.5 Å². The van der Waals surface area contributed by atoms with Crippen molar-refractivity contribution in [3.63, 3.8) is 0 Å². The summed E-state index contributed by atoms with van der Waals surface area (Å²) in [4.78, 5) is 31.7. The summed E-state index contributed by atoms with van der Waals surface area (Å²) in [5.41, 5.74) is 3.60. The van der Waals surface area contributed by atoms with E-state index in [-0.39, 0.29) is 10.8 Å². The number of carbonyl (C=O) groups is 2. The average molecular weight is 629 g/mol. The fourth-order valence-corrected chi connectivity index (χ4v) is 6.38. The van der Waals surface area contributed by atoms with Crippen molar-refractivity contribution in [2.24, 2.45) is 0 Å². The van der Waals surface area contributed by atoms with Crippen molar-refractivity contribution in [2.45, 2.75) is 29.6 Å². The number of nitriles is 2. The summed E-state index contributed by atoms with van der Waals surface area (Å²) >= 11 is 2.46. The van der Waals surface area contributed by atoms with Crippen molar-refractivity contribution in [3.8, 4) is 12.1 Å². The molecule has 0 unspecified atom stereocenters. The number of benzene rings is 4. The molecule has 0 saturated carbocycles. The molecule has 6 nitrogen and oxygen atoms in total. The second kappa shape index (κ2) is 17.3. The number of rotatable bonds is 13. The molecule has 0 atom stereocenters. The molecule has 4 rings (SSSR count). The van der Waals surface area contributed by atoms with Crippen molar-refractivity contribution < 1.29 is 9.59 Å². The van der Waals surface area contributed by atoms with Crippen molar-refractivity contribution in [1.29, 1.82) is 10.5 Å². The first kappa shape index (κ1) is 32.9. The van der Waals surface area contributed by atoms with E-state index in [1.165, 1.54) is 17.8 Å². The molecule has 0 aliphatic carbocycles. The molecule has 1 N–H and O–H groups in total. The number of nitrogens with one attached hydrogen (secondary N) is 1. The lowest BCUT2D eigenvalue weighted by Gasteiger charge is -2.24. The van der Waals surface area contributed by atoms with Gasteiger partial charge in [-0.2, -0.15) is 10.5 Å². The minimum atomic E-state index is -0.421. The van der Waals surface area contributed by atoms with Crippen LogP contribution in [-0.2, 0) is 9.59 Å². The second-order valence-corrected chi connectivity index (χ2v) is 12.0. The molecule has 0 aliphatic heterocycles. The molecule has 8 heteroatoms. The molecule has 45 heavy (non-hydrogen) atoms. The molecule has 0 heterocycles. The molecular formula is C37H32N4O2S2. The van der Waals surface area contributed by atoms with Crippen LogP contribution in [0.15, 0.2) is 131 Å². The van der Waals surface area contributed by atoms with E-state index < -0.39 is 5.91 Å². The molecule has 0 fully saturated rings. The molecule has 1 amide bonds. The van der Waals surface area contributed by atoms with E-state index in [0.717, 1.165) is 43.9 Å². The first-order chi connectivity index (χ1) is 22.0. The van der Waals surface area contributed by atoms with Crippen LogP contribution in [0, 0.1) is 29.6 Å². The number of nitrogens with zero attached hydrogens (tertiary/aromatic N) is 3. The summed E-state index contributed by atoms with van der Waals surface area (Å²) in [6, 6.07) is 38.8. The smallest absolute Gasteiger partial charge is 0.248 e. The summed E-state index contributed by atoms with van der Waals surface area (Å²) in [5.74, 6) is -0.421. The van der Waals surface area contributed by atoms with Gasteiger partial charge in [-0.1, -0.05) is 84.6 Å². The second-order valence-electron chi connectivity index (χ2n) is 9.86. The lowest BCUT2D eigenvalue weighted by atomic mass is 10.1. The van der Waals surface area contributed by atoms with Crippen LogP contribution in [0.5, 0.6) is 0 Å². The molecule has 0 radical (unpaired) electrons. The van der Waals surface area contributed by atoms with Gasteiger partial charge in [-0.05, 0) is 77.9 Å². The summed E-state index contributed by atoms with van der Waals surface area (Å²) in [5, 5.41) is 21.0. The Kier molecular flexibility index (Phi) is 12.7. The summed E-state index contributed by atoms with van der Waals surface area (Å²) in [6.45, 7) is 2.96. The van der Waals surface area contributed by atoms with Gasteiger partial charge in [0.05, 0.1) is 25.0 Å². The number of hydrogen-bond acceptors (Lipinski definition) is 7. The van der Waals surface area contributed by atoms with E-state index >= 15 is 0 Å². The maximum Gasteiger partial charge on any atom is 0.248 e. The summed E-state index contributed by atoms with van der Waals surface area (Å²) in [6.07, 6.45) is 3.81. The number of aryl methyl sites for hydroxylation is 1. The largest absolute Gasteiger partial charge is 0.369 e. The van der Waals surface area contributed by atoms with Crippen molar-refractivity contribution in [1.82, 2.24) is 5.32 Å². The van der Waals surface area contributed by atoms with Crippen LogP contribution in [0.4, 0.5) is 5.69 Å². The van der Waals surface area contributed by atoms with E-state index in [0.29, 0.717) is 30.8 Å².